The van der Waals surface area contributed by atoms with Crippen LogP contribution in [0.15, 0.2) is 158 Å². The second kappa shape index (κ2) is 10.4. The van der Waals surface area contributed by atoms with Crippen molar-refractivity contribution in [3.05, 3.63) is 169 Å². The zero-order chi connectivity index (χ0) is 32.7. The lowest BCUT2D eigenvalue weighted by Gasteiger charge is -2.22. The Kier molecular flexibility index (Phi) is 5.95. The topological polar surface area (TPSA) is 25.8 Å². The minimum absolute atomic E-state index is 0.183. The van der Waals surface area contributed by atoms with Gasteiger partial charge in [0.05, 0.1) is 11.4 Å². The molecule has 8 aromatic carbocycles. The largest absolute Gasteiger partial charge is 0.228 e. The Bertz CT molecular complexity index is 2650. The summed E-state index contributed by atoms with van der Waals surface area (Å²) in [4.78, 5) is 10.3. The summed E-state index contributed by atoms with van der Waals surface area (Å²) in [6.45, 7) is 4.72. The van der Waals surface area contributed by atoms with Crippen LogP contribution in [0.3, 0.4) is 0 Å². The van der Waals surface area contributed by atoms with Gasteiger partial charge in [0.1, 0.15) is 0 Å². The molecule has 9 aromatic rings. The molecule has 10 rings (SSSR count). The first-order valence-electron chi connectivity index (χ1n) is 17.0. The first kappa shape index (κ1) is 27.9. The standard InChI is InChI=1S/C47H32N2/c1-47(2)39-18-10-17-38(42-28-41(29-11-5-3-6-12-29)48-46(49-42)33-13-7-4-8-14-33)45(39)37-26-23-34(27-40(37)47)35-24-21-32-20-19-30-15-9-16-31-22-25-36(35)44(32)43(30)31/h3-28H,1-2H3. The van der Waals surface area contributed by atoms with Crippen molar-refractivity contribution in [3.8, 4) is 56.2 Å². The molecular formula is C47H32N2. The molecule has 1 heterocycles. The molecular weight excluding hydrogens is 593 g/mol. The quantitative estimate of drug-likeness (QED) is 0.182. The third-order valence-corrected chi connectivity index (χ3v) is 10.6. The highest BCUT2D eigenvalue weighted by atomic mass is 14.9. The summed E-state index contributed by atoms with van der Waals surface area (Å²) < 4.78 is 0. The van der Waals surface area contributed by atoms with E-state index in [1.807, 2.05) is 24.3 Å². The smallest absolute Gasteiger partial charge is 0.160 e. The molecule has 0 unspecified atom stereocenters. The average Bonchev–Trinajstić information content (AvgIpc) is 3.40. The first-order valence-corrected chi connectivity index (χ1v) is 17.0. The summed E-state index contributed by atoms with van der Waals surface area (Å²) in [5, 5.41) is 7.88. The monoisotopic (exact) mass is 624 g/mol. The number of nitrogens with zero attached hydrogens (tertiary/aromatic N) is 2. The third kappa shape index (κ3) is 4.20. The van der Waals surface area contributed by atoms with Crippen LogP contribution in [0.1, 0.15) is 25.0 Å². The second-order valence-corrected chi connectivity index (χ2v) is 13.8. The summed E-state index contributed by atoms with van der Waals surface area (Å²) in [5.74, 6) is 0.733. The van der Waals surface area contributed by atoms with Crippen molar-refractivity contribution in [2.24, 2.45) is 0 Å². The zero-order valence-electron chi connectivity index (χ0n) is 27.4. The summed E-state index contributed by atoms with van der Waals surface area (Å²) in [6, 6.07) is 57.0. The Balaban J connectivity index is 1.17. The minimum atomic E-state index is -0.183. The first-order chi connectivity index (χ1) is 24.0. The molecule has 2 nitrogen and oxygen atoms in total. The molecule has 0 saturated carbocycles. The van der Waals surface area contributed by atoms with Gasteiger partial charge in [-0.25, -0.2) is 9.97 Å². The SMILES string of the molecule is CC1(C)c2cc(-c3ccc4ccc5cccc6ccc3c4c56)ccc2-c2c(-c3cc(-c4ccccc4)nc(-c4ccccc4)n3)cccc21. The van der Waals surface area contributed by atoms with E-state index in [0.717, 1.165) is 33.9 Å². The summed E-state index contributed by atoms with van der Waals surface area (Å²) in [5.41, 5.74) is 12.6. The molecule has 0 bridgehead atoms. The average molecular weight is 625 g/mol. The Morgan fingerprint density at radius 2 is 1.04 bits per heavy atom. The van der Waals surface area contributed by atoms with Gasteiger partial charge in [-0.2, -0.15) is 0 Å². The lowest BCUT2D eigenvalue weighted by molar-refractivity contribution is 0.660. The molecule has 0 amide bonds. The number of hydrogen-bond acceptors (Lipinski definition) is 2. The third-order valence-electron chi connectivity index (χ3n) is 10.6. The normalized spacial score (nSPS) is 13.3. The van der Waals surface area contributed by atoms with E-state index in [9.17, 15) is 0 Å². The molecule has 0 fully saturated rings. The fraction of sp³-hybridized carbons (Fsp3) is 0.0638. The van der Waals surface area contributed by atoms with Gasteiger partial charge in [-0.15, -0.1) is 0 Å². The highest BCUT2D eigenvalue weighted by Gasteiger charge is 2.37. The van der Waals surface area contributed by atoms with Crippen LogP contribution in [0.2, 0.25) is 0 Å². The van der Waals surface area contributed by atoms with Crippen molar-refractivity contribution in [1.82, 2.24) is 9.97 Å². The molecule has 2 heteroatoms. The van der Waals surface area contributed by atoms with E-state index in [4.69, 9.17) is 9.97 Å². The Hall–Kier alpha value is -6.12. The highest BCUT2D eigenvalue weighted by molar-refractivity contribution is 6.25. The van der Waals surface area contributed by atoms with Crippen LogP contribution in [0.4, 0.5) is 0 Å². The molecule has 0 N–H and O–H groups in total. The zero-order valence-corrected chi connectivity index (χ0v) is 27.4. The van der Waals surface area contributed by atoms with Crippen LogP contribution in [0.5, 0.6) is 0 Å². The van der Waals surface area contributed by atoms with Crippen LogP contribution >= 0.6 is 0 Å². The fourth-order valence-corrected chi connectivity index (χ4v) is 8.21. The maximum Gasteiger partial charge on any atom is 0.160 e. The van der Waals surface area contributed by atoms with Crippen LogP contribution in [0.25, 0.3) is 88.5 Å². The Morgan fingerprint density at radius 3 is 1.82 bits per heavy atom. The van der Waals surface area contributed by atoms with Crippen LogP contribution in [0, 0.1) is 0 Å². The lowest BCUT2D eigenvalue weighted by Crippen LogP contribution is -2.15. The van der Waals surface area contributed by atoms with Crippen molar-refractivity contribution in [2.75, 3.05) is 0 Å². The minimum Gasteiger partial charge on any atom is -0.228 e. The molecule has 49 heavy (non-hydrogen) atoms. The highest BCUT2D eigenvalue weighted by Crippen LogP contribution is 2.53. The predicted molar refractivity (Wildman–Crippen MR) is 205 cm³/mol. The van der Waals surface area contributed by atoms with Crippen LogP contribution in [-0.2, 0) is 5.41 Å². The molecule has 0 aliphatic heterocycles. The number of benzene rings is 8. The van der Waals surface area contributed by atoms with Gasteiger partial charge in [-0.3, -0.25) is 0 Å². The molecule has 1 aliphatic rings. The van der Waals surface area contributed by atoms with Crippen molar-refractivity contribution in [2.45, 2.75) is 19.3 Å². The Morgan fingerprint density at radius 1 is 0.408 bits per heavy atom. The van der Waals surface area contributed by atoms with Crippen molar-refractivity contribution in [1.29, 1.82) is 0 Å². The van der Waals surface area contributed by atoms with E-state index in [1.165, 1.54) is 65.7 Å². The number of hydrogen-bond donors (Lipinski definition) is 0. The molecule has 0 saturated heterocycles. The maximum atomic E-state index is 5.23. The van der Waals surface area contributed by atoms with E-state index < -0.39 is 0 Å². The van der Waals surface area contributed by atoms with Gasteiger partial charge in [0.25, 0.3) is 0 Å². The van der Waals surface area contributed by atoms with Crippen LogP contribution < -0.4 is 0 Å². The van der Waals surface area contributed by atoms with E-state index in [0.29, 0.717) is 0 Å². The van der Waals surface area contributed by atoms with Crippen molar-refractivity contribution < 1.29 is 0 Å². The molecule has 0 atom stereocenters. The van der Waals surface area contributed by atoms with Gasteiger partial charge in [0, 0.05) is 22.1 Å². The summed E-state index contributed by atoms with van der Waals surface area (Å²) in [6.07, 6.45) is 0. The number of aromatic nitrogens is 2. The molecule has 0 spiro atoms. The molecule has 0 radical (unpaired) electrons. The van der Waals surface area contributed by atoms with Crippen LogP contribution in [-0.4, -0.2) is 9.97 Å². The second-order valence-electron chi connectivity index (χ2n) is 13.8. The number of rotatable bonds is 4. The van der Waals surface area contributed by atoms with Gasteiger partial charge in [0.15, 0.2) is 5.82 Å². The molecule has 1 aromatic heterocycles. The van der Waals surface area contributed by atoms with E-state index in [2.05, 4.69) is 147 Å². The molecule has 1 aliphatic carbocycles. The van der Waals surface area contributed by atoms with E-state index in [1.54, 1.807) is 0 Å². The summed E-state index contributed by atoms with van der Waals surface area (Å²) in [7, 11) is 0. The van der Waals surface area contributed by atoms with Gasteiger partial charge in [-0.1, -0.05) is 159 Å². The van der Waals surface area contributed by atoms with Gasteiger partial charge < -0.3 is 0 Å². The molecule has 230 valence electrons. The Labute approximate surface area is 285 Å². The van der Waals surface area contributed by atoms with Gasteiger partial charge >= 0.3 is 0 Å². The van der Waals surface area contributed by atoms with Crippen molar-refractivity contribution >= 4 is 32.3 Å². The van der Waals surface area contributed by atoms with Crippen molar-refractivity contribution in [3.63, 3.8) is 0 Å². The van der Waals surface area contributed by atoms with Gasteiger partial charge in [0.2, 0.25) is 0 Å². The van der Waals surface area contributed by atoms with E-state index >= 15 is 0 Å². The fourth-order valence-electron chi connectivity index (χ4n) is 8.21. The van der Waals surface area contributed by atoms with E-state index in [-0.39, 0.29) is 5.41 Å². The maximum absolute atomic E-state index is 5.23. The number of fused-ring (bicyclic) bond motifs is 3. The predicted octanol–water partition coefficient (Wildman–Crippen LogP) is 12.3. The lowest BCUT2D eigenvalue weighted by atomic mass is 9.81. The summed E-state index contributed by atoms with van der Waals surface area (Å²) >= 11 is 0. The van der Waals surface area contributed by atoms with Gasteiger partial charge in [-0.05, 0) is 77.8 Å².